The molecule has 0 heterocycles. The van der Waals surface area contributed by atoms with E-state index in [-0.39, 0.29) is 6.61 Å². The van der Waals surface area contributed by atoms with Crippen molar-refractivity contribution in [3.63, 3.8) is 0 Å². The molecule has 0 saturated heterocycles. The Morgan fingerprint density at radius 2 is 1.32 bits per heavy atom. The maximum Gasteiger partial charge on any atom is 0.0556 e. The van der Waals surface area contributed by atoms with E-state index in [1.807, 2.05) is 0 Å². The zero-order chi connectivity index (χ0) is 17.3. The molecule has 0 spiro atoms. The smallest absolute Gasteiger partial charge is 0.0556 e. The molecule has 2 aromatic rings. The summed E-state index contributed by atoms with van der Waals surface area (Å²) in [7, 11) is 0. The maximum absolute atomic E-state index is 8.99. The van der Waals surface area contributed by atoms with E-state index in [0.29, 0.717) is 18.6 Å². The minimum Gasteiger partial charge on any atom is -0.395 e. The highest BCUT2D eigenvalue weighted by molar-refractivity contribution is 5.17. The summed E-state index contributed by atoms with van der Waals surface area (Å²) in [5.74, 6) is 0. The monoisotopic (exact) mass is 338 g/mol. The number of hydrogen-bond donors (Lipinski definition) is 2. The number of nitrogens with zero attached hydrogens (tertiary/aromatic N) is 1. The lowest BCUT2D eigenvalue weighted by Gasteiger charge is -2.37. The van der Waals surface area contributed by atoms with E-state index in [2.05, 4.69) is 70.9 Å². The van der Waals surface area contributed by atoms with Crippen molar-refractivity contribution in [1.29, 1.82) is 0 Å². The molecule has 0 aromatic heterocycles. The highest BCUT2D eigenvalue weighted by Crippen LogP contribution is 2.26. The first-order valence-corrected chi connectivity index (χ1v) is 9.51. The second kappa shape index (κ2) is 9.71. The van der Waals surface area contributed by atoms with Crippen molar-refractivity contribution in [2.45, 2.75) is 50.9 Å². The summed E-state index contributed by atoms with van der Waals surface area (Å²) >= 11 is 0. The Balaban J connectivity index is 1.64. The zero-order valence-corrected chi connectivity index (χ0v) is 15.0. The summed E-state index contributed by atoms with van der Waals surface area (Å²) in [6.45, 7) is 2.96. The fourth-order valence-electron chi connectivity index (χ4n) is 3.86. The highest BCUT2D eigenvalue weighted by atomic mass is 16.3. The van der Waals surface area contributed by atoms with Gasteiger partial charge < -0.3 is 10.4 Å². The van der Waals surface area contributed by atoms with E-state index in [0.717, 1.165) is 13.1 Å². The molecule has 0 amide bonds. The fourth-order valence-corrected chi connectivity index (χ4v) is 3.86. The summed E-state index contributed by atoms with van der Waals surface area (Å²) in [6, 6.07) is 22.8. The van der Waals surface area contributed by atoms with Crippen molar-refractivity contribution in [3.8, 4) is 0 Å². The van der Waals surface area contributed by atoms with Crippen molar-refractivity contribution in [2.24, 2.45) is 0 Å². The van der Waals surface area contributed by atoms with Gasteiger partial charge in [-0.1, -0.05) is 60.7 Å². The van der Waals surface area contributed by atoms with Gasteiger partial charge in [-0.05, 0) is 36.8 Å². The number of aliphatic hydroxyl groups excluding tert-OH is 1. The summed E-state index contributed by atoms with van der Waals surface area (Å²) in [5.41, 5.74) is 2.78. The molecule has 3 rings (SSSR count). The quantitative estimate of drug-likeness (QED) is 0.772. The van der Waals surface area contributed by atoms with Crippen LogP contribution < -0.4 is 5.32 Å². The molecule has 3 nitrogen and oxygen atoms in total. The third kappa shape index (κ3) is 5.67. The number of hydrogen-bond acceptors (Lipinski definition) is 3. The van der Waals surface area contributed by atoms with Crippen molar-refractivity contribution >= 4 is 0 Å². The molecule has 2 N–H and O–H groups in total. The van der Waals surface area contributed by atoms with Gasteiger partial charge in [0.2, 0.25) is 0 Å². The van der Waals surface area contributed by atoms with Gasteiger partial charge in [0.05, 0.1) is 6.61 Å². The third-order valence-corrected chi connectivity index (χ3v) is 5.21. The summed E-state index contributed by atoms with van der Waals surface area (Å²) in [5, 5.41) is 12.5. The molecule has 25 heavy (non-hydrogen) atoms. The summed E-state index contributed by atoms with van der Waals surface area (Å²) in [4.78, 5) is 2.65. The third-order valence-electron chi connectivity index (χ3n) is 5.21. The molecule has 1 aliphatic rings. The van der Waals surface area contributed by atoms with Gasteiger partial charge in [-0.3, -0.25) is 4.90 Å². The highest BCUT2D eigenvalue weighted by Gasteiger charge is 2.25. The summed E-state index contributed by atoms with van der Waals surface area (Å²) < 4.78 is 0. The molecule has 0 aliphatic heterocycles. The van der Waals surface area contributed by atoms with E-state index in [1.54, 1.807) is 0 Å². The van der Waals surface area contributed by atoms with Crippen molar-refractivity contribution in [3.05, 3.63) is 71.8 Å². The van der Waals surface area contributed by atoms with Crippen LogP contribution in [0, 0.1) is 0 Å². The zero-order valence-electron chi connectivity index (χ0n) is 15.0. The molecule has 0 atom stereocenters. The molecule has 3 heteroatoms. The van der Waals surface area contributed by atoms with Crippen LogP contribution in [0.5, 0.6) is 0 Å². The average Bonchev–Trinajstić information content (AvgIpc) is 2.68. The number of nitrogens with one attached hydrogen (secondary N) is 1. The maximum atomic E-state index is 8.99. The first-order chi connectivity index (χ1) is 12.3. The van der Waals surface area contributed by atoms with Crippen molar-refractivity contribution < 1.29 is 5.11 Å². The second-order valence-electron chi connectivity index (χ2n) is 7.06. The van der Waals surface area contributed by atoms with E-state index < -0.39 is 0 Å². The first-order valence-electron chi connectivity index (χ1n) is 9.51. The van der Waals surface area contributed by atoms with Crippen LogP contribution in [0.3, 0.4) is 0 Å². The van der Waals surface area contributed by atoms with Gasteiger partial charge in [0, 0.05) is 31.7 Å². The minimum absolute atomic E-state index is 0.230. The molecule has 2 aromatic carbocycles. The van der Waals surface area contributed by atoms with Crippen LogP contribution in [0.4, 0.5) is 0 Å². The van der Waals surface area contributed by atoms with Gasteiger partial charge >= 0.3 is 0 Å². The normalized spacial score (nSPS) is 20.7. The Morgan fingerprint density at radius 1 is 0.800 bits per heavy atom. The SMILES string of the molecule is OCCNC1CCC(N(Cc2ccccc2)Cc2ccccc2)CC1. The predicted molar refractivity (Wildman–Crippen MR) is 103 cm³/mol. The second-order valence-corrected chi connectivity index (χ2v) is 7.06. The van der Waals surface area contributed by atoms with E-state index >= 15 is 0 Å². The molecule has 0 unspecified atom stereocenters. The number of aliphatic hydroxyl groups is 1. The molecule has 1 saturated carbocycles. The van der Waals surface area contributed by atoms with Crippen LogP contribution in [0.2, 0.25) is 0 Å². The minimum atomic E-state index is 0.230. The van der Waals surface area contributed by atoms with Crippen LogP contribution in [0.1, 0.15) is 36.8 Å². The molecular formula is C22H30N2O. The fraction of sp³-hybridized carbons (Fsp3) is 0.455. The molecule has 1 fully saturated rings. The largest absolute Gasteiger partial charge is 0.395 e. The Labute approximate surface area is 151 Å². The lowest BCUT2D eigenvalue weighted by atomic mass is 9.89. The molecule has 0 radical (unpaired) electrons. The standard InChI is InChI=1S/C22H30N2O/c25-16-15-23-21-11-13-22(14-12-21)24(17-19-7-3-1-4-8-19)18-20-9-5-2-6-10-20/h1-10,21-23,25H,11-18H2. The molecule has 134 valence electrons. The molecule has 1 aliphatic carbocycles. The van der Waals surface area contributed by atoms with Gasteiger partial charge in [0.25, 0.3) is 0 Å². The lowest BCUT2D eigenvalue weighted by Crippen LogP contribution is -2.42. The van der Waals surface area contributed by atoms with Crippen LogP contribution >= 0.6 is 0 Å². The van der Waals surface area contributed by atoms with Crippen LogP contribution in [0.15, 0.2) is 60.7 Å². The van der Waals surface area contributed by atoms with E-state index in [1.165, 1.54) is 36.8 Å². The van der Waals surface area contributed by atoms with Crippen molar-refractivity contribution in [2.75, 3.05) is 13.2 Å². The number of rotatable bonds is 8. The number of benzene rings is 2. The summed E-state index contributed by atoms with van der Waals surface area (Å²) in [6.07, 6.45) is 4.85. The van der Waals surface area contributed by atoms with Crippen LogP contribution in [-0.2, 0) is 13.1 Å². The van der Waals surface area contributed by atoms with E-state index in [9.17, 15) is 0 Å². The van der Waals surface area contributed by atoms with Gasteiger partial charge in [-0.15, -0.1) is 0 Å². The average molecular weight is 338 g/mol. The molecule has 0 bridgehead atoms. The topological polar surface area (TPSA) is 35.5 Å². The Kier molecular flexibility index (Phi) is 7.04. The Bertz CT molecular complexity index is 552. The van der Waals surface area contributed by atoms with Gasteiger partial charge in [-0.25, -0.2) is 0 Å². The first kappa shape index (κ1) is 18.1. The van der Waals surface area contributed by atoms with Crippen LogP contribution in [0.25, 0.3) is 0 Å². The van der Waals surface area contributed by atoms with Gasteiger partial charge in [0.15, 0.2) is 0 Å². The van der Waals surface area contributed by atoms with Gasteiger partial charge in [-0.2, -0.15) is 0 Å². The molecular weight excluding hydrogens is 308 g/mol. The Morgan fingerprint density at radius 3 is 1.80 bits per heavy atom. The lowest BCUT2D eigenvalue weighted by molar-refractivity contribution is 0.127. The van der Waals surface area contributed by atoms with E-state index in [4.69, 9.17) is 5.11 Å². The van der Waals surface area contributed by atoms with Crippen LogP contribution in [-0.4, -0.2) is 35.2 Å². The van der Waals surface area contributed by atoms with Gasteiger partial charge in [0.1, 0.15) is 0 Å². The Hall–Kier alpha value is -1.68. The van der Waals surface area contributed by atoms with Crippen molar-refractivity contribution in [1.82, 2.24) is 10.2 Å². The predicted octanol–water partition coefficient (Wildman–Crippen LogP) is 3.58.